The van der Waals surface area contributed by atoms with Crippen molar-refractivity contribution < 1.29 is 6.85 Å². The largest absolute Gasteiger partial charge is 0.310 e. The predicted molar refractivity (Wildman–Crippen MR) is 239 cm³/mol. The molecule has 1 aliphatic rings. The third-order valence-electron chi connectivity index (χ3n) is 11.4. The van der Waals surface area contributed by atoms with Gasteiger partial charge in [0.1, 0.15) is 0 Å². The predicted octanol–water partition coefficient (Wildman–Crippen LogP) is 14.7. The van der Waals surface area contributed by atoms with Crippen LogP contribution in [0.1, 0.15) is 29.5 Å². The quantitative estimate of drug-likeness (QED) is 0.158. The van der Waals surface area contributed by atoms with E-state index in [1.807, 2.05) is 42.5 Å². The highest BCUT2D eigenvalue weighted by Gasteiger charge is 2.31. The molecule has 268 valence electrons. The summed E-state index contributed by atoms with van der Waals surface area (Å²) in [6.07, 6.45) is 0. The molecular formula is C55H38N2. The molecule has 1 aromatic heterocycles. The number of benzene rings is 9. The molecule has 0 saturated carbocycles. The lowest BCUT2D eigenvalue weighted by atomic mass is 9.89. The second-order valence-corrected chi connectivity index (χ2v) is 14.5. The number of nitrogens with zero attached hydrogens (tertiary/aromatic N) is 2. The highest BCUT2D eigenvalue weighted by Crippen LogP contribution is 2.51. The maximum absolute atomic E-state index is 9.08. The van der Waals surface area contributed by atoms with Crippen LogP contribution in [0.25, 0.3) is 60.9 Å². The minimum absolute atomic E-state index is 0.184. The molecule has 1 aliphatic carbocycles. The van der Waals surface area contributed by atoms with Crippen LogP contribution in [0.15, 0.2) is 224 Å². The molecule has 0 amide bonds. The van der Waals surface area contributed by atoms with E-state index in [4.69, 9.17) is 6.85 Å². The Morgan fingerprint density at radius 3 is 1.86 bits per heavy atom. The van der Waals surface area contributed by atoms with Crippen LogP contribution in [0, 0.1) is 0 Å². The number of hydrogen-bond acceptors (Lipinski definition) is 1. The van der Waals surface area contributed by atoms with E-state index >= 15 is 0 Å². The summed E-state index contributed by atoms with van der Waals surface area (Å²) in [6, 6.07) is 66.3. The SMILES string of the molecule is [2H]c1c([2H])c([2H])c(C2c3ccccc3-c3ccc(N(c4ccc(-c5ccccc5)cc4)c4ccccc4-c4ccc5c6ccccc6n(-c6ccccc6)c5c4)cc32)c([2H])c1[2H]. The average Bonchev–Trinajstić information content (AvgIpc) is 3.83. The lowest BCUT2D eigenvalue weighted by Gasteiger charge is -2.29. The Kier molecular flexibility index (Phi) is 6.75. The summed E-state index contributed by atoms with van der Waals surface area (Å²) < 4.78 is 46.1. The fourth-order valence-electron chi connectivity index (χ4n) is 8.82. The summed E-state index contributed by atoms with van der Waals surface area (Å²) in [5, 5.41) is 2.37. The first-order valence-electron chi connectivity index (χ1n) is 21.8. The molecule has 0 N–H and O–H groups in total. The van der Waals surface area contributed by atoms with Crippen molar-refractivity contribution in [1.82, 2.24) is 4.57 Å². The van der Waals surface area contributed by atoms with Crippen LogP contribution in [0.4, 0.5) is 17.1 Å². The fraction of sp³-hybridized carbons (Fsp3) is 0.0182. The Hall–Kier alpha value is -7.42. The standard InChI is InChI=1S/C55H38N2/c1-4-16-38(17-5-1)39-28-31-43(32-29-39)56(44-33-35-47-46-23-10-11-25-50(46)55(51(47)37-44)40-18-6-2-7-19-40)52-26-14-12-22-45(52)41-30-34-49-48-24-13-15-27-53(48)57(54(49)36-41)42-20-8-3-9-21-42/h1-37,55H/i2D,6D,7D,18D,19D. The Morgan fingerprint density at radius 1 is 0.421 bits per heavy atom. The second kappa shape index (κ2) is 13.7. The molecule has 2 nitrogen and oxygen atoms in total. The maximum Gasteiger partial charge on any atom is 0.0626 e. The Bertz CT molecular complexity index is 3330. The highest BCUT2D eigenvalue weighted by atomic mass is 15.1. The molecule has 1 unspecified atom stereocenters. The van der Waals surface area contributed by atoms with Gasteiger partial charge >= 0.3 is 0 Å². The van der Waals surface area contributed by atoms with Crippen LogP contribution in [0.5, 0.6) is 0 Å². The summed E-state index contributed by atoms with van der Waals surface area (Å²) in [4.78, 5) is 2.28. The van der Waals surface area contributed by atoms with Crippen molar-refractivity contribution in [2.45, 2.75) is 5.92 Å². The zero-order valence-electron chi connectivity index (χ0n) is 35.9. The lowest BCUT2D eigenvalue weighted by molar-refractivity contribution is 1.01. The van der Waals surface area contributed by atoms with Crippen molar-refractivity contribution in [3.63, 3.8) is 0 Å². The molecule has 0 spiro atoms. The molecular weight excluding hydrogens is 689 g/mol. The van der Waals surface area contributed by atoms with Gasteiger partial charge in [0, 0.05) is 39.3 Å². The van der Waals surface area contributed by atoms with E-state index in [0.717, 1.165) is 78.3 Å². The van der Waals surface area contributed by atoms with Crippen LogP contribution in [-0.2, 0) is 0 Å². The summed E-state index contributed by atoms with van der Waals surface area (Å²) in [6.45, 7) is 0. The smallest absolute Gasteiger partial charge is 0.0626 e. The monoisotopic (exact) mass is 731 g/mol. The van der Waals surface area contributed by atoms with Gasteiger partial charge in [-0.15, -0.1) is 0 Å². The summed E-state index contributed by atoms with van der Waals surface area (Å²) in [5.41, 5.74) is 14.5. The van der Waals surface area contributed by atoms with E-state index in [-0.39, 0.29) is 29.7 Å². The third-order valence-corrected chi connectivity index (χ3v) is 11.4. The van der Waals surface area contributed by atoms with Crippen LogP contribution < -0.4 is 4.90 Å². The second-order valence-electron chi connectivity index (χ2n) is 14.5. The zero-order valence-corrected chi connectivity index (χ0v) is 30.9. The Balaban J connectivity index is 1.13. The molecule has 11 rings (SSSR count). The number of para-hydroxylation sites is 3. The van der Waals surface area contributed by atoms with Gasteiger partial charge < -0.3 is 9.47 Å². The Morgan fingerprint density at radius 2 is 1.04 bits per heavy atom. The van der Waals surface area contributed by atoms with Crippen molar-refractivity contribution >= 4 is 38.9 Å². The van der Waals surface area contributed by atoms with Crippen LogP contribution >= 0.6 is 0 Å². The number of rotatable bonds is 7. The molecule has 0 radical (unpaired) electrons. The van der Waals surface area contributed by atoms with Crippen molar-refractivity contribution in [1.29, 1.82) is 0 Å². The van der Waals surface area contributed by atoms with E-state index in [1.54, 1.807) is 0 Å². The molecule has 0 aliphatic heterocycles. The first kappa shape index (κ1) is 28.1. The van der Waals surface area contributed by atoms with Crippen LogP contribution in [0.2, 0.25) is 0 Å². The third kappa shape index (κ3) is 5.57. The van der Waals surface area contributed by atoms with Crippen molar-refractivity contribution in [2.24, 2.45) is 0 Å². The van der Waals surface area contributed by atoms with Gasteiger partial charge in [-0.1, -0.05) is 170 Å². The minimum atomic E-state index is -0.574. The normalized spacial score (nSPS) is 14.3. The number of fused-ring (bicyclic) bond motifs is 6. The molecule has 0 bridgehead atoms. The first-order valence-corrected chi connectivity index (χ1v) is 19.3. The van der Waals surface area contributed by atoms with Gasteiger partial charge in [0.05, 0.1) is 23.6 Å². The van der Waals surface area contributed by atoms with Gasteiger partial charge in [-0.3, -0.25) is 0 Å². The van der Waals surface area contributed by atoms with Gasteiger partial charge in [0.15, 0.2) is 0 Å². The van der Waals surface area contributed by atoms with Crippen molar-refractivity contribution in [2.75, 3.05) is 4.90 Å². The molecule has 0 saturated heterocycles. The minimum Gasteiger partial charge on any atom is -0.310 e. The van der Waals surface area contributed by atoms with Crippen LogP contribution in [0.3, 0.4) is 0 Å². The number of aromatic nitrogens is 1. The van der Waals surface area contributed by atoms with Crippen molar-refractivity contribution in [3.8, 4) is 39.1 Å². The molecule has 1 heterocycles. The van der Waals surface area contributed by atoms with Gasteiger partial charge in [-0.25, -0.2) is 0 Å². The van der Waals surface area contributed by atoms with Gasteiger partial charge in [-0.2, -0.15) is 0 Å². The summed E-state index contributed by atoms with van der Waals surface area (Å²) in [7, 11) is 0. The van der Waals surface area contributed by atoms with E-state index < -0.39 is 12.0 Å². The average molecular weight is 732 g/mol. The fourth-order valence-corrected chi connectivity index (χ4v) is 8.82. The van der Waals surface area contributed by atoms with E-state index in [1.165, 1.54) is 10.8 Å². The lowest BCUT2D eigenvalue weighted by Crippen LogP contribution is -2.12. The summed E-state index contributed by atoms with van der Waals surface area (Å²) in [5.74, 6) is -0.574. The molecule has 1 atom stereocenters. The van der Waals surface area contributed by atoms with Crippen LogP contribution in [-0.4, -0.2) is 4.57 Å². The highest BCUT2D eigenvalue weighted by molar-refractivity contribution is 6.10. The molecule has 0 fully saturated rings. The zero-order chi connectivity index (χ0) is 42.1. The number of anilines is 3. The van der Waals surface area contributed by atoms with Gasteiger partial charge in [-0.05, 0) is 99.1 Å². The van der Waals surface area contributed by atoms with Gasteiger partial charge in [0.2, 0.25) is 0 Å². The van der Waals surface area contributed by atoms with Crippen molar-refractivity contribution in [3.05, 3.63) is 241 Å². The summed E-state index contributed by atoms with van der Waals surface area (Å²) >= 11 is 0. The van der Waals surface area contributed by atoms with E-state index in [9.17, 15) is 0 Å². The topological polar surface area (TPSA) is 8.17 Å². The van der Waals surface area contributed by atoms with Gasteiger partial charge in [0.25, 0.3) is 0 Å². The number of hydrogen-bond donors (Lipinski definition) is 0. The molecule has 57 heavy (non-hydrogen) atoms. The maximum atomic E-state index is 9.08. The molecule has 10 aromatic rings. The Labute approximate surface area is 340 Å². The first-order chi connectivity index (χ1) is 30.4. The van der Waals surface area contributed by atoms with E-state index in [0.29, 0.717) is 0 Å². The van der Waals surface area contributed by atoms with E-state index in [2.05, 4.69) is 161 Å². The molecule has 9 aromatic carbocycles. The molecule has 2 heteroatoms.